The van der Waals surface area contributed by atoms with E-state index in [4.69, 9.17) is 9.72 Å². The molecule has 0 unspecified atom stereocenters. The summed E-state index contributed by atoms with van der Waals surface area (Å²) in [5.41, 5.74) is 5.46. The third-order valence-electron chi connectivity index (χ3n) is 6.46. The zero-order chi connectivity index (χ0) is 25.4. The number of esters is 1. The van der Waals surface area contributed by atoms with E-state index in [1.807, 2.05) is 60.7 Å². The van der Waals surface area contributed by atoms with E-state index in [1.54, 1.807) is 12.1 Å². The van der Waals surface area contributed by atoms with Crippen LogP contribution in [0.15, 0.2) is 72.8 Å². The van der Waals surface area contributed by atoms with Crippen LogP contribution in [0.1, 0.15) is 45.0 Å². The smallest absolute Gasteiger partial charge is 0.339 e. The van der Waals surface area contributed by atoms with Crippen LogP contribution in [0.3, 0.4) is 0 Å². The molecule has 0 fully saturated rings. The molecule has 0 spiro atoms. The molecule has 8 heteroatoms. The van der Waals surface area contributed by atoms with Gasteiger partial charge in [-0.05, 0) is 60.2 Å². The van der Waals surface area contributed by atoms with Crippen LogP contribution in [-0.4, -0.2) is 20.9 Å². The number of nitrogens with zero attached hydrogens (tertiary/aromatic N) is 3. The molecular weight excluding hydrogens is 486 g/mol. The number of allylic oxidation sites excluding steroid dienone is 1. The Morgan fingerprint density at radius 3 is 2.65 bits per heavy atom. The van der Waals surface area contributed by atoms with E-state index in [2.05, 4.69) is 4.98 Å². The van der Waals surface area contributed by atoms with Crippen LogP contribution >= 0.6 is 11.3 Å². The molecule has 1 aliphatic rings. The van der Waals surface area contributed by atoms with Gasteiger partial charge in [-0.3, -0.25) is 10.1 Å². The van der Waals surface area contributed by atoms with E-state index in [1.165, 1.54) is 17.4 Å². The molecule has 0 saturated carbocycles. The van der Waals surface area contributed by atoms with Gasteiger partial charge in [0, 0.05) is 17.5 Å². The number of benzene rings is 3. The fourth-order valence-electron chi connectivity index (χ4n) is 4.82. The highest BCUT2D eigenvalue weighted by Gasteiger charge is 2.26. The maximum atomic E-state index is 13.5. The van der Waals surface area contributed by atoms with E-state index >= 15 is 0 Å². The van der Waals surface area contributed by atoms with Crippen LogP contribution < -0.4 is 0 Å². The normalized spacial score (nSPS) is 14.1. The first-order valence-electron chi connectivity index (χ1n) is 12.0. The second-order valence-electron chi connectivity index (χ2n) is 8.86. The summed E-state index contributed by atoms with van der Waals surface area (Å²) in [5, 5.41) is 12.7. The summed E-state index contributed by atoms with van der Waals surface area (Å²) in [6, 6.07) is 22.0. The first-order chi connectivity index (χ1) is 18.1. The Morgan fingerprint density at radius 1 is 1.00 bits per heavy atom. The van der Waals surface area contributed by atoms with Gasteiger partial charge < -0.3 is 4.74 Å². The quantitative estimate of drug-likeness (QED) is 0.145. The lowest BCUT2D eigenvalue weighted by Gasteiger charge is -2.22. The maximum Gasteiger partial charge on any atom is 0.339 e. The number of carbonyl (C=O) groups is 1. The van der Waals surface area contributed by atoms with Crippen LogP contribution in [0.4, 0.5) is 5.69 Å². The van der Waals surface area contributed by atoms with Crippen LogP contribution in [0, 0.1) is 10.1 Å². The number of aromatic nitrogens is 2. The third kappa shape index (κ3) is 4.47. The SMILES string of the molecule is O=C(OCc1nc2ccccc2s1)c1c2c(nc3ccccc13)/C(=C/c1cccc([N+](=O)[O-])c1)CCC2. The zero-order valence-electron chi connectivity index (χ0n) is 19.7. The first kappa shape index (κ1) is 23.0. The second-order valence-corrected chi connectivity index (χ2v) is 9.97. The van der Waals surface area contributed by atoms with Crippen LogP contribution in [-0.2, 0) is 17.8 Å². The molecule has 2 heterocycles. The minimum absolute atomic E-state index is 0.0379. The minimum atomic E-state index is -0.401. The Balaban J connectivity index is 1.39. The Kier molecular flexibility index (Phi) is 5.94. The largest absolute Gasteiger partial charge is 0.455 e. The molecule has 182 valence electrons. The van der Waals surface area contributed by atoms with Crippen molar-refractivity contribution >= 4 is 55.8 Å². The molecule has 0 radical (unpaired) electrons. The van der Waals surface area contributed by atoms with Crippen molar-refractivity contribution in [1.29, 1.82) is 0 Å². The van der Waals surface area contributed by atoms with Gasteiger partial charge in [-0.1, -0.05) is 42.5 Å². The number of hydrogen-bond acceptors (Lipinski definition) is 7. The summed E-state index contributed by atoms with van der Waals surface area (Å²) in [7, 11) is 0. The van der Waals surface area contributed by atoms with Gasteiger partial charge >= 0.3 is 5.97 Å². The van der Waals surface area contributed by atoms with E-state index < -0.39 is 10.9 Å². The summed E-state index contributed by atoms with van der Waals surface area (Å²) in [4.78, 5) is 33.9. The number of non-ortho nitro benzene ring substituents is 1. The summed E-state index contributed by atoms with van der Waals surface area (Å²) in [5.74, 6) is -0.397. The summed E-state index contributed by atoms with van der Waals surface area (Å²) in [6.45, 7) is 0.0972. The number of nitro groups is 1. The van der Waals surface area contributed by atoms with Crippen molar-refractivity contribution in [2.45, 2.75) is 25.9 Å². The topological polar surface area (TPSA) is 95.2 Å². The molecule has 3 aromatic carbocycles. The number of nitro benzene ring substituents is 1. The van der Waals surface area contributed by atoms with Gasteiger partial charge in [0.2, 0.25) is 0 Å². The monoisotopic (exact) mass is 507 g/mol. The van der Waals surface area contributed by atoms with E-state index in [9.17, 15) is 14.9 Å². The Morgan fingerprint density at radius 2 is 1.81 bits per heavy atom. The van der Waals surface area contributed by atoms with Crippen LogP contribution in [0.5, 0.6) is 0 Å². The molecule has 37 heavy (non-hydrogen) atoms. The highest BCUT2D eigenvalue weighted by molar-refractivity contribution is 7.18. The molecule has 2 aromatic heterocycles. The Labute approximate surface area is 216 Å². The molecule has 6 rings (SSSR count). The lowest BCUT2D eigenvalue weighted by atomic mass is 9.86. The van der Waals surface area contributed by atoms with Gasteiger partial charge in [-0.2, -0.15) is 0 Å². The molecule has 0 aliphatic heterocycles. The fraction of sp³-hybridized carbons (Fsp3) is 0.138. The fourth-order valence-corrected chi connectivity index (χ4v) is 5.70. The van der Waals surface area contributed by atoms with E-state index in [0.29, 0.717) is 17.5 Å². The highest BCUT2D eigenvalue weighted by Crippen LogP contribution is 2.37. The molecule has 5 aromatic rings. The summed E-state index contributed by atoms with van der Waals surface area (Å²) in [6.07, 6.45) is 4.24. The van der Waals surface area contributed by atoms with Crippen molar-refractivity contribution in [2.75, 3.05) is 0 Å². The third-order valence-corrected chi connectivity index (χ3v) is 7.47. The van der Waals surface area contributed by atoms with Gasteiger partial charge in [-0.25, -0.2) is 14.8 Å². The molecule has 0 amide bonds. The van der Waals surface area contributed by atoms with Gasteiger partial charge in [0.15, 0.2) is 0 Å². The van der Waals surface area contributed by atoms with E-state index in [0.717, 1.165) is 55.8 Å². The van der Waals surface area contributed by atoms with Crippen molar-refractivity contribution < 1.29 is 14.5 Å². The maximum absolute atomic E-state index is 13.5. The molecule has 0 N–H and O–H groups in total. The van der Waals surface area contributed by atoms with Gasteiger partial charge in [0.25, 0.3) is 5.69 Å². The lowest BCUT2D eigenvalue weighted by molar-refractivity contribution is -0.384. The predicted octanol–water partition coefficient (Wildman–Crippen LogP) is 6.99. The molecule has 0 bridgehead atoms. The number of rotatable bonds is 5. The van der Waals surface area contributed by atoms with Crippen molar-refractivity contribution in [1.82, 2.24) is 9.97 Å². The molecule has 0 saturated heterocycles. The molecular formula is C29H21N3O4S. The zero-order valence-corrected chi connectivity index (χ0v) is 20.5. The lowest BCUT2D eigenvalue weighted by Crippen LogP contribution is -2.15. The van der Waals surface area contributed by atoms with Crippen molar-refractivity contribution in [2.24, 2.45) is 0 Å². The number of para-hydroxylation sites is 2. The minimum Gasteiger partial charge on any atom is -0.455 e. The van der Waals surface area contributed by atoms with Crippen LogP contribution in [0.2, 0.25) is 0 Å². The van der Waals surface area contributed by atoms with Gasteiger partial charge in [0.1, 0.15) is 11.6 Å². The number of hydrogen-bond donors (Lipinski definition) is 0. The second kappa shape index (κ2) is 9.55. The van der Waals surface area contributed by atoms with Gasteiger partial charge in [-0.15, -0.1) is 11.3 Å². The highest BCUT2D eigenvalue weighted by atomic mass is 32.1. The average molecular weight is 508 g/mol. The number of fused-ring (bicyclic) bond motifs is 3. The van der Waals surface area contributed by atoms with Crippen molar-refractivity contribution in [3.05, 3.63) is 110 Å². The predicted molar refractivity (Wildman–Crippen MR) is 144 cm³/mol. The summed E-state index contributed by atoms with van der Waals surface area (Å²) < 4.78 is 6.85. The molecule has 1 aliphatic carbocycles. The first-order valence-corrected chi connectivity index (χ1v) is 12.8. The van der Waals surface area contributed by atoms with Crippen LogP contribution in [0.25, 0.3) is 32.8 Å². The molecule has 0 atom stereocenters. The number of carbonyl (C=O) groups excluding carboxylic acids is 1. The molecule has 7 nitrogen and oxygen atoms in total. The number of ether oxygens (including phenoxy) is 1. The van der Waals surface area contributed by atoms with E-state index in [-0.39, 0.29) is 12.3 Å². The Bertz CT molecular complexity index is 1690. The standard InChI is InChI=1S/C29H21N3O4S/c33-29(36-17-26-30-24-13-3-4-14-25(24)37-26)27-21-10-1-2-12-23(21)31-28-19(8-6-11-22(27)28)15-18-7-5-9-20(16-18)32(34)35/h1-5,7,9-10,12-16H,6,8,11,17H2/b19-15+. The number of thiazole rings is 1. The number of pyridine rings is 1. The average Bonchev–Trinajstić information content (AvgIpc) is 3.34. The van der Waals surface area contributed by atoms with Crippen molar-refractivity contribution in [3.8, 4) is 0 Å². The Hall–Kier alpha value is -4.43. The summed E-state index contributed by atoms with van der Waals surface area (Å²) >= 11 is 1.51. The van der Waals surface area contributed by atoms with Gasteiger partial charge in [0.05, 0.1) is 31.9 Å². The van der Waals surface area contributed by atoms with Crippen molar-refractivity contribution in [3.63, 3.8) is 0 Å².